The Morgan fingerprint density at radius 1 is 0.962 bits per heavy atom. The Morgan fingerprint density at radius 3 is 2.12 bits per heavy atom. The lowest BCUT2D eigenvalue weighted by Gasteiger charge is -2.15. The van der Waals surface area contributed by atoms with Crippen LogP contribution in [0.1, 0.15) is 28.8 Å². The second-order valence-electron chi connectivity index (χ2n) is 5.53. The van der Waals surface area contributed by atoms with Crippen LogP contribution >= 0.6 is 0 Å². The molecule has 0 N–H and O–H groups in total. The minimum absolute atomic E-state index is 0.0280. The maximum absolute atomic E-state index is 13.4. The van der Waals surface area contributed by atoms with Gasteiger partial charge in [0.1, 0.15) is 5.82 Å². The number of hydrogen-bond acceptors (Lipinski definition) is 3. The lowest BCUT2D eigenvalue weighted by atomic mass is 9.96. The average Bonchev–Trinajstić information content (AvgIpc) is 2.57. The predicted molar refractivity (Wildman–Crippen MR) is 81.8 cm³/mol. The fourth-order valence-electron chi connectivity index (χ4n) is 2.72. The topological polar surface area (TPSA) is 42.9 Å². The second kappa shape index (κ2) is 5.93. The Labute approximate surface area is 142 Å². The van der Waals surface area contributed by atoms with Gasteiger partial charge in [0.2, 0.25) is 0 Å². The lowest BCUT2D eigenvalue weighted by molar-refractivity contribution is -0.139. The highest BCUT2D eigenvalue weighted by molar-refractivity contribution is 6.18. The summed E-state index contributed by atoms with van der Waals surface area (Å²) >= 11 is 0. The van der Waals surface area contributed by atoms with Crippen LogP contribution in [0, 0.1) is 0 Å². The third kappa shape index (κ3) is 2.97. The number of nitrogens with zero attached hydrogens (tertiary/aromatic N) is 2. The number of alkyl halides is 6. The van der Waals surface area contributed by atoms with Gasteiger partial charge in [-0.25, -0.2) is 9.97 Å². The Morgan fingerprint density at radius 2 is 1.58 bits per heavy atom. The Bertz CT molecular complexity index is 1020. The van der Waals surface area contributed by atoms with Gasteiger partial charge in [0.15, 0.2) is 5.69 Å². The standard InChI is InChI=1S/C17H10F6N2O/c1-2-12-24-13-9-6-4-3-5-8(9)10(15(26)17(21,22)23)7-11(13)14(25-12)16(18,19)20/h3-7H,2H2,1H3. The number of carbonyl (C=O) groups is 1. The van der Waals surface area contributed by atoms with E-state index in [0.29, 0.717) is 6.07 Å². The molecule has 0 radical (unpaired) electrons. The number of aromatic nitrogens is 2. The summed E-state index contributed by atoms with van der Waals surface area (Å²) in [5, 5.41) is -0.725. The third-order valence-electron chi connectivity index (χ3n) is 3.84. The Hall–Kier alpha value is -2.71. The minimum Gasteiger partial charge on any atom is -0.284 e. The fraction of sp³-hybridized carbons (Fsp3) is 0.235. The van der Waals surface area contributed by atoms with Crippen LogP contribution in [0.2, 0.25) is 0 Å². The van der Waals surface area contributed by atoms with Crippen molar-refractivity contribution in [1.29, 1.82) is 0 Å². The molecule has 0 saturated carbocycles. The number of rotatable bonds is 2. The molecule has 0 spiro atoms. The van der Waals surface area contributed by atoms with Gasteiger partial charge in [-0.2, -0.15) is 26.3 Å². The molecule has 3 rings (SSSR count). The predicted octanol–water partition coefficient (Wildman–Crippen LogP) is 5.11. The molecular weight excluding hydrogens is 362 g/mol. The third-order valence-corrected chi connectivity index (χ3v) is 3.84. The SMILES string of the molecule is CCc1nc(C(F)(F)F)c2cc(C(=O)C(F)(F)F)c3ccccc3c2n1. The average molecular weight is 372 g/mol. The van der Waals surface area contributed by atoms with Crippen LogP contribution in [0.25, 0.3) is 21.7 Å². The first-order valence-corrected chi connectivity index (χ1v) is 7.45. The molecule has 0 bridgehead atoms. The summed E-state index contributed by atoms with van der Waals surface area (Å²) in [5.74, 6) is -2.31. The van der Waals surface area contributed by atoms with Crippen molar-refractivity contribution in [2.24, 2.45) is 0 Å². The van der Waals surface area contributed by atoms with E-state index in [2.05, 4.69) is 9.97 Å². The van der Waals surface area contributed by atoms with E-state index in [4.69, 9.17) is 0 Å². The van der Waals surface area contributed by atoms with Gasteiger partial charge >= 0.3 is 12.4 Å². The van der Waals surface area contributed by atoms with Gasteiger partial charge in [-0.05, 0) is 11.5 Å². The summed E-state index contributed by atoms with van der Waals surface area (Å²) in [4.78, 5) is 19.2. The zero-order chi connectivity index (χ0) is 19.3. The van der Waals surface area contributed by atoms with Crippen molar-refractivity contribution in [3.8, 4) is 0 Å². The molecule has 0 atom stereocenters. The van der Waals surface area contributed by atoms with Crippen molar-refractivity contribution >= 4 is 27.5 Å². The van der Waals surface area contributed by atoms with Crippen molar-refractivity contribution in [1.82, 2.24) is 9.97 Å². The van der Waals surface area contributed by atoms with E-state index in [0.717, 1.165) is 0 Å². The molecule has 0 unspecified atom stereocenters. The van der Waals surface area contributed by atoms with Gasteiger partial charge < -0.3 is 0 Å². The zero-order valence-corrected chi connectivity index (χ0v) is 13.2. The summed E-state index contributed by atoms with van der Waals surface area (Å²) in [5.41, 5.74) is -2.36. The highest BCUT2D eigenvalue weighted by Crippen LogP contribution is 2.38. The number of ketones is 1. The number of hydrogen-bond donors (Lipinski definition) is 0. The summed E-state index contributed by atoms with van der Waals surface area (Å²) in [6, 6.07) is 6.00. The van der Waals surface area contributed by atoms with Gasteiger partial charge in [0.05, 0.1) is 5.52 Å². The lowest BCUT2D eigenvalue weighted by Crippen LogP contribution is -2.23. The largest absolute Gasteiger partial charge is 0.454 e. The number of aryl methyl sites for hydroxylation is 1. The highest BCUT2D eigenvalue weighted by Gasteiger charge is 2.41. The zero-order valence-electron chi connectivity index (χ0n) is 13.2. The molecule has 136 valence electrons. The maximum atomic E-state index is 13.4. The number of carbonyl (C=O) groups excluding carboxylic acids is 1. The first kappa shape index (κ1) is 18.1. The van der Waals surface area contributed by atoms with Crippen LogP contribution in [0.3, 0.4) is 0 Å². The molecule has 0 fully saturated rings. The van der Waals surface area contributed by atoms with Gasteiger partial charge in [0, 0.05) is 22.8 Å². The van der Waals surface area contributed by atoms with Crippen LogP contribution in [0.5, 0.6) is 0 Å². The molecule has 1 heterocycles. The Kier molecular flexibility index (Phi) is 4.12. The monoisotopic (exact) mass is 372 g/mol. The minimum atomic E-state index is -5.22. The van der Waals surface area contributed by atoms with Crippen molar-refractivity contribution in [2.45, 2.75) is 25.7 Å². The Balaban J connectivity index is 2.53. The highest BCUT2D eigenvalue weighted by atomic mass is 19.4. The maximum Gasteiger partial charge on any atom is 0.454 e. The summed E-state index contributed by atoms with van der Waals surface area (Å²) in [6.45, 7) is 1.56. The molecule has 26 heavy (non-hydrogen) atoms. The summed E-state index contributed by atoms with van der Waals surface area (Å²) in [6.07, 6.45) is -10.0. The van der Waals surface area contributed by atoms with E-state index in [1.54, 1.807) is 6.92 Å². The van der Waals surface area contributed by atoms with Crippen LogP contribution in [0.4, 0.5) is 26.3 Å². The van der Waals surface area contributed by atoms with Crippen LogP contribution < -0.4 is 0 Å². The number of fused-ring (bicyclic) bond motifs is 3. The number of Topliss-reactive ketones (excluding diaryl/α,β-unsaturated/α-hetero) is 1. The van der Waals surface area contributed by atoms with Crippen LogP contribution in [-0.4, -0.2) is 21.9 Å². The molecule has 0 aliphatic carbocycles. The molecular formula is C17H10F6N2O. The van der Waals surface area contributed by atoms with E-state index in [-0.39, 0.29) is 28.5 Å². The van der Waals surface area contributed by atoms with Crippen molar-refractivity contribution in [2.75, 3.05) is 0 Å². The number of benzene rings is 2. The molecule has 0 aliphatic rings. The van der Waals surface area contributed by atoms with Crippen LogP contribution in [0.15, 0.2) is 30.3 Å². The fourth-order valence-corrected chi connectivity index (χ4v) is 2.72. The first-order valence-electron chi connectivity index (χ1n) is 7.45. The number of halogens is 6. The molecule has 2 aromatic carbocycles. The summed E-state index contributed by atoms with van der Waals surface area (Å²) in [7, 11) is 0. The van der Waals surface area contributed by atoms with Gasteiger partial charge in [0.25, 0.3) is 5.78 Å². The van der Waals surface area contributed by atoms with E-state index in [1.807, 2.05) is 0 Å². The molecule has 0 amide bonds. The van der Waals surface area contributed by atoms with E-state index in [9.17, 15) is 31.1 Å². The van der Waals surface area contributed by atoms with Gasteiger partial charge in [-0.1, -0.05) is 31.2 Å². The first-order chi connectivity index (χ1) is 12.0. The normalized spacial score (nSPS) is 12.7. The summed E-state index contributed by atoms with van der Waals surface area (Å²) < 4.78 is 78.9. The molecule has 0 saturated heterocycles. The second-order valence-corrected chi connectivity index (χ2v) is 5.53. The molecule has 1 aromatic heterocycles. The van der Waals surface area contributed by atoms with Gasteiger partial charge in [-0.15, -0.1) is 0 Å². The molecule has 0 aliphatic heterocycles. The molecule has 3 aromatic rings. The van der Waals surface area contributed by atoms with E-state index < -0.39 is 34.8 Å². The molecule has 9 heteroatoms. The van der Waals surface area contributed by atoms with Gasteiger partial charge in [-0.3, -0.25) is 4.79 Å². The smallest absolute Gasteiger partial charge is 0.284 e. The van der Waals surface area contributed by atoms with E-state index >= 15 is 0 Å². The molecule has 3 nitrogen and oxygen atoms in total. The van der Waals surface area contributed by atoms with Crippen molar-refractivity contribution in [3.63, 3.8) is 0 Å². The van der Waals surface area contributed by atoms with Crippen molar-refractivity contribution < 1.29 is 31.1 Å². The van der Waals surface area contributed by atoms with Crippen molar-refractivity contribution in [3.05, 3.63) is 47.4 Å². The van der Waals surface area contributed by atoms with Crippen LogP contribution in [-0.2, 0) is 12.6 Å². The quantitative estimate of drug-likeness (QED) is 0.357. The van der Waals surface area contributed by atoms with E-state index in [1.165, 1.54) is 24.3 Å².